The van der Waals surface area contributed by atoms with Crippen molar-refractivity contribution in [2.24, 2.45) is 5.73 Å². The summed E-state index contributed by atoms with van der Waals surface area (Å²) in [5.41, 5.74) is 6.47. The third-order valence-corrected chi connectivity index (χ3v) is 3.42. The minimum atomic E-state index is -0.569. The first-order valence-electron chi connectivity index (χ1n) is 5.98. The van der Waals surface area contributed by atoms with Gasteiger partial charge in [-0.25, -0.2) is 9.18 Å². The first-order valence-corrected chi connectivity index (χ1v) is 6.77. The topological polar surface area (TPSA) is 69.4 Å². The SMILES string of the molecule is NC(=O)c1ccc(COC(=O)c2ccc(F)cc2Br)cc1. The summed E-state index contributed by atoms with van der Waals surface area (Å²) in [6.07, 6.45) is 0. The van der Waals surface area contributed by atoms with Gasteiger partial charge in [0.05, 0.1) is 5.56 Å². The number of benzene rings is 2. The summed E-state index contributed by atoms with van der Waals surface area (Å²) in [6, 6.07) is 10.1. The fourth-order valence-electron chi connectivity index (χ4n) is 1.65. The van der Waals surface area contributed by atoms with E-state index in [4.69, 9.17) is 10.5 Å². The number of halogens is 2. The molecule has 0 fully saturated rings. The van der Waals surface area contributed by atoms with Gasteiger partial charge in [0, 0.05) is 10.0 Å². The van der Waals surface area contributed by atoms with Crippen LogP contribution in [0, 0.1) is 5.82 Å². The van der Waals surface area contributed by atoms with Crippen LogP contribution in [0.2, 0.25) is 0 Å². The number of carbonyl (C=O) groups excluding carboxylic acids is 2. The Hall–Kier alpha value is -2.21. The minimum Gasteiger partial charge on any atom is -0.457 e. The summed E-state index contributed by atoms with van der Waals surface area (Å²) in [4.78, 5) is 22.8. The quantitative estimate of drug-likeness (QED) is 0.860. The minimum absolute atomic E-state index is 0.0433. The number of amides is 1. The fourth-order valence-corrected chi connectivity index (χ4v) is 2.16. The van der Waals surface area contributed by atoms with E-state index >= 15 is 0 Å². The molecule has 1 amide bonds. The smallest absolute Gasteiger partial charge is 0.339 e. The molecule has 2 aromatic rings. The van der Waals surface area contributed by atoms with E-state index in [-0.39, 0.29) is 12.2 Å². The van der Waals surface area contributed by atoms with E-state index in [0.29, 0.717) is 15.6 Å². The van der Waals surface area contributed by atoms with Gasteiger partial charge >= 0.3 is 5.97 Å². The van der Waals surface area contributed by atoms with Crippen molar-refractivity contribution >= 4 is 27.8 Å². The van der Waals surface area contributed by atoms with Crippen molar-refractivity contribution in [3.05, 3.63) is 69.4 Å². The zero-order valence-corrected chi connectivity index (χ0v) is 12.4. The zero-order valence-electron chi connectivity index (χ0n) is 10.8. The Morgan fingerprint density at radius 2 is 1.81 bits per heavy atom. The summed E-state index contributed by atoms with van der Waals surface area (Å²) in [7, 11) is 0. The van der Waals surface area contributed by atoms with Gasteiger partial charge in [-0.05, 0) is 51.8 Å². The van der Waals surface area contributed by atoms with Crippen LogP contribution in [0.3, 0.4) is 0 Å². The number of nitrogens with two attached hydrogens (primary N) is 1. The molecule has 6 heteroatoms. The summed E-state index contributed by atoms with van der Waals surface area (Å²) in [5.74, 6) is -1.53. The number of ether oxygens (including phenoxy) is 1. The second-order valence-corrected chi connectivity index (χ2v) is 5.12. The van der Waals surface area contributed by atoms with Crippen molar-refractivity contribution in [3.63, 3.8) is 0 Å². The molecule has 108 valence electrons. The van der Waals surface area contributed by atoms with Crippen LogP contribution in [0.1, 0.15) is 26.3 Å². The van der Waals surface area contributed by atoms with E-state index in [2.05, 4.69) is 15.9 Å². The summed E-state index contributed by atoms with van der Waals surface area (Å²) in [6.45, 7) is 0.0433. The average molecular weight is 352 g/mol. The van der Waals surface area contributed by atoms with Crippen molar-refractivity contribution < 1.29 is 18.7 Å². The van der Waals surface area contributed by atoms with Crippen LogP contribution in [0.25, 0.3) is 0 Å². The van der Waals surface area contributed by atoms with Gasteiger partial charge in [0.25, 0.3) is 0 Å². The predicted molar refractivity (Wildman–Crippen MR) is 78.2 cm³/mol. The Bertz CT molecular complexity index is 686. The van der Waals surface area contributed by atoms with Gasteiger partial charge in [-0.15, -0.1) is 0 Å². The van der Waals surface area contributed by atoms with Crippen LogP contribution >= 0.6 is 15.9 Å². The number of rotatable bonds is 4. The molecule has 0 atom stereocenters. The van der Waals surface area contributed by atoms with Crippen LogP contribution in [0.15, 0.2) is 46.9 Å². The molecule has 0 unspecified atom stereocenters. The Balaban J connectivity index is 2.02. The molecule has 0 aliphatic heterocycles. The second kappa shape index (κ2) is 6.49. The molecule has 0 aromatic heterocycles. The molecule has 0 aliphatic carbocycles. The van der Waals surface area contributed by atoms with Crippen molar-refractivity contribution in [2.45, 2.75) is 6.61 Å². The maximum Gasteiger partial charge on any atom is 0.339 e. The molecule has 0 saturated carbocycles. The van der Waals surface area contributed by atoms with Gasteiger partial charge in [0.1, 0.15) is 12.4 Å². The summed E-state index contributed by atoms with van der Waals surface area (Å²) < 4.78 is 18.4. The van der Waals surface area contributed by atoms with Crippen LogP contribution in [0.4, 0.5) is 4.39 Å². The zero-order chi connectivity index (χ0) is 15.4. The number of hydrogen-bond donors (Lipinski definition) is 1. The molecule has 0 heterocycles. The molecule has 0 spiro atoms. The van der Waals surface area contributed by atoms with Gasteiger partial charge in [0.2, 0.25) is 5.91 Å². The monoisotopic (exact) mass is 351 g/mol. The Kier molecular flexibility index (Phi) is 4.70. The maximum atomic E-state index is 12.9. The van der Waals surface area contributed by atoms with E-state index in [0.717, 1.165) is 0 Å². The molecule has 2 N–H and O–H groups in total. The van der Waals surface area contributed by atoms with E-state index in [1.807, 2.05) is 0 Å². The molecular weight excluding hydrogens is 341 g/mol. The predicted octanol–water partition coefficient (Wildman–Crippen LogP) is 3.04. The molecule has 2 aromatic carbocycles. The van der Waals surface area contributed by atoms with Gasteiger partial charge in [0.15, 0.2) is 0 Å². The highest BCUT2D eigenvalue weighted by Crippen LogP contribution is 2.19. The third-order valence-electron chi connectivity index (χ3n) is 2.76. The van der Waals surface area contributed by atoms with Gasteiger partial charge < -0.3 is 10.5 Å². The molecule has 0 aliphatic rings. The van der Waals surface area contributed by atoms with E-state index in [1.165, 1.54) is 18.2 Å². The Morgan fingerprint density at radius 1 is 1.14 bits per heavy atom. The van der Waals surface area contributed by atoms with Crippen LogP contribution in [-0.2, 0) is 11.3 Å². The number of primary amides is 1. The largest absolute Gasteiger partial charge is 0.457 e. The van der Waals surface area contributed by atoms with Crippen molar-refractivity contribution in [1.29, 1.82) is 0 Å². The lowest BCUT2D eigenvalue weighted by Crippen LogP contribution is -2.11. The lowest BCUT2D eigenvalue weighted by Gasteiger charge is -2.07. The highest BCUT2D eigenvalue weighted by atomic mass is 79.9. The Morgan fingerprint density at radius 3 is 2.38 bits per heavy atom. The van der Waals surface area contributed by atoms with Crippen molar-refractivity contribution in [3.8, 4) is 0 Å². The highest BCUT2D eigenvalue weighted by Gasteiger charge is 2.12. The van der Waals surface area contributed by atoms with Crippen LogP contribution in [0.5, 0.6) is 0 Å². The first kappa shape index (κ1) is 15.2. The molecule has 2 rings (SSSR count). The lowest BCUT2D eigenvalue weighted by atomic mass is 10.1. The average Bonchev–Trinajstić information content (AvgIpc) is 2.45. The molecule has 4 nitrogen and oxygen atoms in total. The maximum absolute atomic E-state index is 12.9. The second-order valence-electron chi connectivity index (χ2n) is 4.26. The molecular formula is C15H11BrFNO3. The van der Waals surface area contributed by atoms with Gasteiger partial charge in [-0.1, -0.05) is 12.1 Å². The molecule has 0 bridgehead atoms. The third kappa shape index (κ3) is 3.88. The van der Waals surface area contributed by atoms with E-state index < -0.39 is 17.7 Å². The highest BCUT2D eigenvalue weighted by molar-refractivity contribution is 9.10. The lowest BCUT2D eigenvalue weighted by molar-refractivity contribution is 0.0471. The van der Waals surface area contributed by atoms with Gasteiger partial charge in [-0.2, -0.15) is 0 Å². The van der Waals surface area contributed by atoms with E-state index in [1.54, 1.807) is 24.3 Å². The molecule has 0 saturated heterocycles. The molecule has 0 radical (unpaired) electrons. The fraction of sp³-hybridized carbons (Fsp3) is 0.0667. The first-order chi connectivity index (χ1) is 9.97. The van der Waals surface area contributed by atoms with Crippen molar-refractivity contribution in [2.75, 3.05) is 0 Å². The van der Waals surface area contributed by atoms with E-state index in [9.17, 15) is 14.0 Å². The normalized spacial score (nSPS) is 10.2. The standard InChI is InChI=1S/C15H11BrFNO3/c16-13-7-11(17)5-6-12(13)15(20)21-8-9-1-3-10(4-2-9)14(18)19/h1-7H,8H2,(H2,18,19). The Labute approximate surface area is 128 Å². The van der Waals surface area contributed by atoms with Crippen LogP contribution < -0.4 is 5.73 Å². The van der Waals surface area contributed by atoms with Gasteiger partial charge in [-0.3, -0.25) is 4.79 Å². The number of carbonyl (C=O) groups is 2. The number of hydrogen-bond acceptors (Lipinski definition) is 3. The summed E-state index contributed by atoms with van der Waals surface area (Å²) in [5, 5.41) is 0. The summed E-state index contributed by atoms with van der Waals surface area (Å²) >= 11 is 3.11. The number of esters is 1. The van der Waals surface area contributed by atoms with Crippen molar-refractivity contribution in [1.82, 2.24) is 0 Å². The molecule has 21 heavy (non-hydrogen) atoms. The van der Waals surface area contributed by atoms with Crippen LogP contribution in [-0.4, -0.2) is 11.9 Å².